The highest BCUT2D eigenvalue weighted by Crippen LogP contribution is 2.32. The molecule has 0 radical (unpaired) electrons. The van der Waals surface area contributed by atoms with E-state index in [4.69, 9.17) is 0 Å². The van der Waals surface area contributed by atoms with Crippen LogP contribution in [0.5, 0.6) is 0 Å². The van der Waals surface area contributed by atoms with Gasteiger partial charge in [-0.25, -0.2) is 0 Å². The van der Waals surface area contributed by atoms with E-state index in [0.29, 0.717) is 17.3 Å². The van der Waals surface area contributed by atoms with Crippen molar-refractivity contribution in [3.05, 3.63) is 12.7 Å². The highest BCUT2D eigenvalue weighted by atomic mass is 14.7. The number of hydrogen-bond donors (Lipinski definition) is 0. The van der Waals surface area contributed by atoms with Gasteiger partial charge in [0, 0.05) is 12.3 Å². The summed E-state index contributed by atoms with van der Waals surface area (Å²) < 4.78 is 0. The summed E-state index contributed by atoms with van der Waals surface area (Å²) in [5.74, 6) is 1.22. The average Bonchev–Trinajstić information content (AvgIpc) is 2.14. The molecule has 0 fully saturated rings. The summed E-state index contributed by atoms with van der Waals surface area (Å²) in [6.45, 7) is 18.2. The minimum atomic E-state index is 0.356. The lowest BCUT2D eigenvalue weighted by Gasteiger charge is -2.32. The Bertz CT molecular complexity index is 220. The average molecular weight is 209 g/mol. The summed E-state index contributed by atoms with van der Waals surface area (Å²) >= 11 is 0. The van der Waals surface area contributed by atoms with Crippen molar-refractivity contribution in [3.63, 3.8) is 0 Å². The molecule has 0 aliphatic rings. The summed E-state index contributed by atoms with van der Waals surface area (Å²) in [4.78, 5) is 4.59. The molecule has 0 aliphatic carbocycles. The second-order valence-electron chi connectivity index (χ2n) is 5.54. The molecule has 0 N–H and O–H groups in total. The quantitative estimate of drug-likeness (QED) is 0.363. The molecule has 0 saturated heterocycles. The molecule has 0 aromatic heterocycles. The van der Waals surface area contributed by atoms with E-state index in [1.807, 2.05) is 6.08 Å². The molecule has 0 rings (SSSR count). The topological polar surface area (TPSA) is 12.4 Å². The molecule has 0 bridgehead atoms. The van der Waals surface area contributed by atoms with Gasteiger partial charge in [0.1, 0.15) is 0 Å². The Morgan fingerprint density at radius 2 is 1.87 bits per heavy atom. The maximum atomic E-state index is 4.59. The normalized spacial score (nSPS) is 17.3. The number of rotatable bonds is 5. The summed E-state index contributed by atoms with van der Waals surface area (Å²) in [5.41, 5.74) is 1.63. The molecule has 0 aromatic rings. The Morgan fingerprint density at radius 3 is 2.27 bits per heavy atom. The Labute approximate surface area is 95.7 Å². The maximum Gasteiger partial charge on any atom is 0.0423 e. The molecule has 88 valence electrons. The smallest absolute Gasteiger partial charge is 0.0423 e. The van der Waals surface area contributed by atoms with Gasteiger partial charge in [-0.05, 0) is 30.6 Å². The van der Waals surface area contributed by atoms with Crippen molar-refractivity contribution >= 4 is 5.71 Å². The van der Waals surface area contributed by atoms with Gasteiger partial charge in [0.2, 0.25) is 0 Å². The molecule has 2 atom stereocenters. The van der Waals surface area contributed by atoms with Crippen LogP contribution in [0.15, 0.2) is 17.6 Å². The first-order valence-corrected chi connectivity index (χ1v) is 5.92. The van der Waals surface area contributed by atoms with Gasteiger partial charge in [-0.1, -0.05) is 40.7 Å². The second-order valence-corrected chi connectivity index (χ2v) is 5.54. The van der Waals surface area contributed by atoms with Crippen LogP contribution in [0.1, 0.15) is 48.0 Å². The third-order valence-electron chi connectivity index (χ3n) is 3.47. The van der Waals surface area contributed by atoms with E-state index in [0.717, 1.165) is 13.0 Å². The molecule has 1 nitrogen and oxygen atoms in total. The summed E-state index contributed by atoms with van der Waals surface area (Å²) in [5, 5.41) is 0. The van der Waals surface area contributed by atoms with Crippen LogP contribution in [0.2, 0.25) is 0 Å². The predicted molar refractivity (Wildman–Crippen MR) is 70.6 cm³/mol. The van der Waals surface area contributed by atoms with Crippen molar-refractivity contribution in [3.8, 4) is 0 Å². The Hall–Kier alpha value is -0.590. The molecule has 0 heterocycles. The van der Waals surface area contributed by atoms with Crippen molar-refractivity contribution in [1.29, 1.82) is 0 Å². The molecule has 15 heavy (non-hydrogen) atoms. The molecule has 0 amide bonds. The zero-order valence-corrected chi connectivity index (χ0v) is 11.3. The van der Waals surface area contributed by atoms with E-state index >= 15 is 0 Å². The van der Waals surface area contributed by atoms with Gasteiger partial charge in [0.25, 0.3) is 0 Å². The van der Waals surface area contributed by atoms with Gasteiger partial charge in [-0.15, -0.1) is 6.58 Å². The molecule has 0 saturated carbocycles. The van der Waals surface area contributed by atoms with Crippen LogP contribution in [-0.4, -0.2) is 12.3 Å². The first-order chi connectivity index (χ1) is 6.80. The fraction of sp³-hybridized carbons (Fsp3) is 0.786. The first-order valence-electron chi connectivity index (χ1n) is 5.92. The van der Waals surface area contributed by atoms with Crippen molar-refractivity contribution in [2.75, 3.05) is 6.54 Å². The molecule has 0 aromatic carbocycles. The van der Waals surface area contributed by atoms with Crippen LogP contribution in [0.4, 0.5) is 0 Å². The van der Waals surface area contributed by atoms with Crippen molar-refractivity contribution in [2.24, 2.45) is 22.2 Å². The largest absolute Gasteiger partial charge is 0.294 e. The number of aliphatic imine (C=N–C) groups is 1. The lowest BCUT2D eigenvalue weighted by Crippen LogP contribution is -2.28. The van der Waals surface area contributed by atoms with Crippen LogP contribution >= 0.6 is 0 Å². The molecule has 1 heteroatoms. The zero-order valence-electron chi connectivity index (χ0n) is 11.3. The van der Waals surface area contributed by atoms with Gasteiger partial charge < -0.3 is 0 Å². The van der Waals surface area contributed by atoms with Gasteiger partial charge >= 0.3 is 0 Å². The monoisotopic (exact) mass is 209 g/mol. The Morgan fingerprint density at radius 1 is 1.33 bits per heavy atom. The van der Waals surface area contributed by atoms with E-state index in [2.05, 4.69) is 53.1 Å². The highest BCUT2D eigenvalue weighted by molar-refractivity contribution is 5.84. The van der Waals surface area contributed by atoms with E-state index in [-0.39, 0.29) is 0 Å². The molecule has 2 unspecified atom stereocenters. The third-order valence-corrected chi connectivity index (χ3v) is 3.47. The predicted octanol–water partition coefficient (Wildman–Crippen LogP) is 4.34. The van der Waals surface area contributed by atoms with Crippen molar-refractivity contribution in [1.82, 2.24) is 0 Å². The standard InChI is InChI=1S/C14H27N/c1-8-9-10-15-13(4)11(2)12(3)14(5,6)7/h8,11-12H,1,9-10H2,2-7H3. The molecule has 0 spiro atoms. The molecular weight excluding hydrogens is 182 g/mol. The minimum absolute atomic E-state index is 0.356. The number of hydrogen-bond acceptors (Lipinski definition) is 1. The van der Waals surface area contributed by atoms with Gasteiger partial charge in [-0.3, -0.25) is 4.99 Å². The van der Waals surface area contributed by atoms with E-state index < -0.39 is 0 Å². The fourth-order valence-corrected chi connectivity index (χ4v) is 1.59. The van der Waals surface area contributed by atoms with Crippen molar-refractivity contribution < 1.29 is 0 Å². The van der Waals surface area contributed by atoms with Crippen LogP contribution in [0.25, 0.3) is 0 Å². The summed E-state index contributed by atoms with van der Waals surface area (Å²) in [7, 11) is 0. The summed E-state index contributed by atoms with van der Waals surface area (Å²) in [6, 6.07) is 0. The first kappa shape index (κ1) is 14.4. The Kier molecular flexibility index (Phi) is 5.85. The van der Waals surface area contributed by atoms with Crippen LogP contribution in [-0.2, 0) is 0 Å². The van der Waals surface area contributed by atoms with Gasteiger partial charge in [-0.2, -0.15) is 0 Å². The fourth-order valence-electron chi connectivity index (χ4n) is 1.59. The lowest BCUT2D eigenvalue weighted by molar-refractivity contribution is 0.224. The molecular formula is C14H27N. The SMILES string of the molecule is C=CCCN=C(C)C(C)C(C)C(C)(C)C. The van der Waals surface area contributed by atoms with E-state index in [1.165, 1.54) is 5.71 Å². The van der Waals surface area contributed by atoms with E-state index in [1.54, 1.807) is 0 Å². The van der Waals surface area contributed by atoms with Crippen LogP contribution in [0.3, 0.4) is 0 Å². The van der Waals surface area contributed by atoms with Crippen LogP contribution in [0, 0.1) is 17.3 Å². The minimum Gasteiger partial charge on any atom is -0.294 e. The second kappa shape index (κ2) is 6.09. The van der Waals surface area contributed by atoms with Crippen molar-refractivity contribution in [2.45, 2.75) is 48.0 Å². The third kappa shape index (κ3) is 5.15. The molecule has 0 aliphatic heterocycles. The Balaban J connectivity index is 4.36. The van der Waals surface area contributed by atoms with E-state index in [9.17, 15) is 0 Å². The maximum absolute atomic E-state index is 4.59. The van der Waals surface area contributed by atoms with Crippen LogP contribution < -0.4 is 0 Å². The highest BCUT2D eigenvalue weighted by Gasteiger charge is 2.26. The van der Waals surface area contributed by atoms with Gasteiger partial charge in [0.15, 0.2) is 0 Å². The lowest BCUT2D eigenvalue weighted by atomic mass is 9.73. The van der Waals surface area contributed by atoms with Gasteiger partial charge in [0.05, 0.1) is 0 Å². The zero-order chi connectivity index (χ0) is 12.1. The number of nitrogens with zero attached hydrogens (tertiary/aromatic N) is 1. The summed E-state index contributed by atoms with van der Waals surface area (Å²) in [6.07, 6.45) is 2.91.